The molecule has 27 heavy (non-hydrogen) atoms. The van der Waals surface area contributed by atoms with E-state index < -0.39 is 0 Å². The molecule has 1 fully saturated rings. The Morgan fingerprint density at radius 3 is 2.81 bits per heavy atom. The molecule has 5 nitrogen and oxygen atoms in total. The third kappa shape index (κ3) is 4.48. The number of hydrogen-bond acceptors (Lipinski definition) is 4. The van der Waals surface area contributed by atoms with E-state index in [4.69, 9.17) is 4.74 Å². The van der Waals surface area contributed by atoms with Crippen molar-refractivity contribution >= 4 is 5.91 Å². The van der Waals surface area contributed by atoms with Crippen LogP contribution in [0.3, 0.4) is 0 Å². The molecule has 1 aromatic heterocycles. The number of amides is 1. The third-order valence-electron chi connectivity index (χ3n) is 5.57. The quantitative estimate of drug-likeness (QED) is 0.839. The van der Waals surface area contributed by atoms with Gasteiger partial charge in [0.05, 0.1) is 6.61 Å². The molecule has 0 unspecified atom stereocenters. The molecule has 3 heterocycles. The maximum atomic E-state index is 13.2. The Kier molecular flexibility index (Phi) is 5.68. The molecule has 2 aliphatic rings. The van der Waals surface area contributed by atoms with E-state index in [1.807, 2.05) is 30.6 Å². The molecule has 1 amide bonds. The summed E-state index contributed by atoms with van der Waals surface area (Å²) >= 11 is 0. The Hall–Kier alpha value is -2.40. The van der Waals surface area contributed by atoms with E-state index in [0.29, 0.717) is 12.5 Å². The Morgan fingerprint density at radius 2 is 1.93 bits per heavy atom. The standard InChI is InChI=1S/C22H27N3O2/c26-22(20-8-15-27-21-5-2-1-4-19(21)16-20)25-12-3-11-24(13-14-25)17-18-6-9-23-10-7-18/h1-2,4-7,9-10,20H,3,8,11-17H2/t20-/m1/s1. The first kappa shape index (κ1) is 18.0. The maximum absolute atomic E-state index is 13.2. The van der Waals surface area contributed by atoms with E-state index >= 15 is 0 Å². The lowest BCUT2D eigenvalue weighted by atomic mass is 9.95. The predicted molar refractivity (Wildman–Crippen MR) is 104 cm³/mol. The summed E-state index contributed by atoms with van der Waals surface area (Å²) in [6.07, 6.45) is 6.29. The molecule has 5 heteroatoms. The maximum Gasteiger partial charge on any atom is 0.226 e. The summed E-state index contributed by atoms with van der Waals surface area (Å²) in [5.41, 5.74) is 2.43. The van der Waals surface area contributed by atoms with Gasteiger partial charge in [0.2, 0.25) is 5.91 Å². The van der Waals surface area contributed by atoms with Gasteiger partial charge in [0.15, 0.2) is 0 Å². The molecule has 142 valence electrons. The highest BCUT2D eigenvalue weighted by atomic mass is 16.5. The Morgan fingerprint density at radius 1 is 1.07 bits per heavy atom. The number of pyridine rings is 1. The lowest BCUT2D eigenvalue weighted by Crippen LogP contribution is -2.39. The van der Waals surface area contributed by atoms with Gasteiger partial charge < -0.3 is 9.64 Å². The molecule has 0 N–H and O–H groups in total. The van der Waals surface area contributed by atoms with E-state index in [-0.39, 0.29) is 5.92 Å². The van der Waals surface area contributed by atoms with Crippen LogP contribution in [0.15, 0.2) is 48.8 Å². The van der Waals surface area contributed by atoms with Gasteiger partial charge in [0, 0.05) is 51.0 Å². The highest BCUT2D eigenvalue weighted by molar-refractivity contribution is 5.79. The van der Waals surface area contributed by atoms with Gasteiger partial charge in [0.1, 0.15) is 5.75 Å². The number of para-hydroxylation sites is 1. The average Bonchev–Trinajstić information content (AvgIpc) is 3.07. The van der Waals surface area contributed by atoms with Gasteiger partial charge >= 0.3 is 0 Å². The van der Waals surface area contributed by atoms with E-state index in [9.17, 15) is 4.79 Å². The summed E-state index contributed by atoms with van der Waals surface area (Å²) in [5.74, 6) is 1.26. The zero-order valence-corrected chi connectivity index (χ0v) is 15.7. The Bertz CT molecular complexity index is 765. The number of aromatic nitrogens is 1. The topological polar surface area (TPSA) is 45.7 Å². The molecule has 0 aliphatic carbocycles. The van der Waals surface area contributed by atoms with Crippen molar-refractivity contribution in [1.82, 2.24) is 14.8 Å². The second kappa shape index (κ2) is 8.53. The van der Waals surface area contributed by atoms with Crippen LogP contribution in [0.1, 0.15) is 24.0 Å². The smallest absolute Gasteiger partial charge is 0.226 e. The van der Waals surface area contributed by atoms with Gasteiger partial charge in [-0.05, 0) is 48.6 Å². The molecule has 0 spiro atoms. The van der Waals surface area contributed by atoms with Crippen LogP contribution in [0.25, 0.3) is 0 Å². The van der Waals surface area contributed by atoms with Crippen molar-refractivity contribution in [2.75, 3.05) is 32.8 Å². The molecule has 2 aliphatic heterocycles. The number of hydrogen-bond donors (Lipinski definition) is 0. The number of fused-ring (bicyclic) bond motifs is 1. The molecule has 1 aromatic carbocycles. The minimum atomic E-state index is 0.0281. The van der Waals surface area contributed by atoms with Crippen LogP contribution >= 0.6 is 0 Å². The van der Waals surface area contributed by atoms with Crippen LogP contribution in [0, 0.1) is 5.92 Å². The first-order chi connectivity index (χ1) is 13.3. The fourth-order valence-electron chi connectivity index (χ4n) is 4.06. The van der Waals surface area contributed by atoms with Gasteiger partial charge in [-0.2, -0.15) is 0 Å². The summed E-state index contributed by atoms with van der Waals surface area (Å²) in [6, 6.07) is 12.2. The van der Waals surface area contributed by atoms with Crippen LogP contribution in [0.4, 0.5) is 0 Å². The van der Waals surface area contributed by atoms with Crippen molar-refractivity contribution < 1.29 is 9.53 Å². The largest absolute Gasteiger partial charge is 0.493 e. The van der Waals surface area contributed by atoms with Crippen molar-refractivity contribution in [1.29, 1.82) is 0 Å². The van der Waals surface area contributed by atoms with Crippen molar-refractivity contribution in [3.63, 3.8) is 0 Å². The van der Waals surface area contributed by atoms with E-state index in [1.54, 1.807) is 0 Å². The van der Waals surface area contributed by atoms with Crippen LogP contribution in [0.2, 0.25) is 0 Å². The fourth-order valence-corrected chi connectivity index (χ4v) is 4.06. The number of rotatable bonds is 3. The molecule has 0 saturated carbocycles. The number of ether oxygens (including phenoxy) is 1. The highest BCUT2D eigenvalue weighted by Gasteiger charge is 2.28. The van der Waals surface area contributed by atoms with Gasteiger partial charge in [-0.1, -0.05) is 18.2 Å². The minimum absolute atomic E-state index is 0.0281. The minimum Gasteiger partial charge on any atom is -0.493 e. The summed E-state index contributed by atoms with van der Waals surface area (Å²) in [6.45, 7) is 5.16. The predicted octanol–water partition coefficient (Wildman–Crippen LogP) is 2.76. The lowest BCUT2D eigenvalue weighted by molar-refractivity contribution is -0.135. The van der Waals surface area contributed by atoms with E-state index in [2.05, 4.69) is 33.0 Å². The van der Waals surface area contributed by atoms with Crippen molar-refractivity contribution in [2.24, 2.45) is 5.92 Å². The number of nitrogens with zero attached hydrogens (tertiary/aromatic N) is 3. The van der Waals surface area contributed by atoms with Crippen molar-refractivity contribution in [3.8, 4) is 5.75 Å². The Balaban J connectivity index is 1.37. The van der Waals surface area contributed by atoms with E-state index in [1.165, 1.54) is 5.56 Å². The Labute approximate surface area is 161 Å². The number of carbonyl (C=O) groups excluding carboxylic acids is 1. The van der Waals surface area contributed by atoms with E-state index in [0.717, 1.165) is 63.3 Å². The molecule has 4 rings (SSSR count). The van der Waals surface area contributed by atoms with Gasteiger partial charge in [0.25, 0.3) is 0 Å². The monoisotopic (exact) mass is 365 g/mol. The summed E-state index contributed by atoms with van der Waals surface area (Å²) in [7, 11) is 0. The van der Waals surface area contributed by atoms with Crippen LogP contribution in [-0.4, -0.2) is 53.5 Å². The third-order valence-corrected chi connectivity index (χ3v) is 5.57. The van der Waals surface area contributed by atoms with Crippen LogP contribution in [0.5, 0.6) is 5.75 Å². The van der Waals surface area contributed by atoms with Crippen LogP contribution < -0.4 is 4.74 Å². The van der Waals surface area contributed by atoms with Gasteiger partial charge in [-0.3, -0.25) is 14.7 Å². The number of carbonyl (C=O) groups is 1. The molecule has 1 atom stereocenters. The average molecular weight is 365 g/mol. The molecule has 1 saturated heterocycles. The van der Waals surface area contributed by atoms with Crippen LogP contribution in [-0.2, 0) is 17.8 Å². The lowest BCUT2D eigenvalue weighted by Gasteiger charge is -2.25. The normalized spacial score (nSPS) is 20.9. The molecule has 2 aromatic rings. The number of benzene rings is 1. The van der Waals surface area contributed by atoms with Gasteiger partial charge in [-0.15, -0.1) is 0 Å². The second-order valence-electron chi connectivity index (χ2n) is 7.46. The summed E-state index contributed by atoms with van der Waals surface area (Å²) in [5, 5.41) is 0. The summed E-state index contributed by atoms with van der Waals surface area (Å²) < 4.78 is 5.84. The van der Waals surface area contributed by atoms with Crippen molar-refractivity contribution in [3.05, 3.63) is 59.9 Å². The zero-order chi connectivity index (χ0) is 18.5. The fraction of sp³-hybridized carbons (Fsp3) is 0.455. The van der Waals surface area contributed by atoms with Crippen molar-refractivity contribution in [2.45, 2.75) is 25.8 Å². The second-order valence-corrected chi connectivity index (χ2v) is 7.46. The molecular formula is C22H27N3O2. The van der Waals surface area contributed by atoms with Gasteiger partial charge in [-0.25, -0.2) is 0 Å². The molecule has 0 radical (unpaired) electrons. The molecule has 0 bridgehead atoms. The first-order valence-corrected chi connectivity index (χ1v) is 9.90. The highest BCUT2D eigenvalue weighted by Crippen LogP contribution is 2.28. The molecular weight excluding hydrogens is 338 g/mol. The SMILES string of the molecule is O=C([C@@H]1CCOc2ccccc2C1)N1CCCN(Cc2ccncc2)CC1. The zero-order valence-electron chi connectivity index (χ0n) is 15.7. The summed E-state index contributed by atoms with van der Waals surface area (Å²) in [4.78, 5) is 21.8. The first-order valence-electron chi connectivity index (χ1n) is 9.90.